The van der Waals surface area contributed by atoms with Gasteiger partial charge in [0.25, 0.3) is 0 Å². The van der Waals surface area contributed by atoms with Gasteiger partial charge in [0.2, 0.25) is 0 Å². The van der Waals surface area contributed by atoms with E-state index in [-0.39, 0.29) is 5.54 Å². The average Bonchev–Trinajstić information content (AvgIpc) is 2.15. The molecule has 0 saturated carbocycles. The van der Waals surface area contributed by atoms with Gasteiger partial charge < -0.3 is 5.32 Å². The van der Waals surface area contributed by atoms with Gasteiger partial charge in [0.15, 0.2) is 0 Å². The molecule has 0 spiro atoms. The van der Waals surface area contributed by atoms with E-state index in [0.29, 0.717) is 18.7 Å². The minimum absolute atomic E-state index is 0.00586. The molecule has 0 atom stereocenters. The number of alkyl halides is 3. The van der Waals surface area contributed by atoms with E-state index in [2.05, 4.69) is 10.3 Å². The normalized spacial score (nSPS) is 12.8. The molecule has 0 amide bonds. The monoisotopic (exact) mass is 246 g/mol. The highest BCUT2D eigenvalue weighted by Gasteiger charge is 2.30. The maximum Gasteiger partial charge on any atom is 0.417 e. The minimum Gasteiger partial charge on any atom is -0.312 e. The first-order valence-corrected chi connectivity index (χ1v) is 5.46. The molecule has 1 N–H and O–H groups in total. The molecule has 1 aromatic rings. The van der Waals surface area contributed by atoms with Gasteiger partial charge >= 0.3 is 6.18 Å². The lowest BCUT2D eigenvalue weighted by Crippen LogP contribution is -2.37. The summed E-state index contributed by atoms with van der Waals surface area (Å²) < 4.78 is 36.8. The molecule has 17 heavy (non-hydrogen) atoms. The number of hydrogen-bond donors (Lipinski definition) is 1. The maximum atomic E-state index is 12.3. The van der Waals surface area contributed by atoms with Gasteiger partial charge in [-0.05, 0) is 32.9 Å². The highest BCUT2D eigenvalue weighted by molar-refractivity contribution is 5.17. The molecule has 96 valence electrons. The molecule has 0 aliphatic rings. The second-order valence-corrected chi connectivity index (χ2v) is 4.96. The summed E-state index contributed by atoms with van der Waals surface area (Å²) in [5.41, 5.74) is -0.0360. The lowest BCUT2D eigenvalue weighted by molar-refractivity contribution is -0.137. The zero-order chi connectivity index (χ0) is 13.1. The third-order valence-corrected chi connectivity index (χ3v) is 2.19. The van der Waals surface area contributed by atoms with Gasteiger partial charge in [-0.25, -0.2) is 0 Å². The van der Waals surface area contributed by atoms with Crippen molar-refractivity contribution in [2.45, 2.75) is 38.9 Å². The van der Waals surface area contributed by atoms with Gasteiger partial charge in [-0.1, -0.05) is 0 Å². The van der Waals surface area contributed by atoms with Crippen molar-refractivity contribution in [3.05, 3.63) is 29.6 Å². The molecule has 1 aromatic heterocycles. The summed E-state index contributed by atoms with van der Waals surface area (Å²) in [4.78, 5) is 3.80. The fourth-order valence-electron chi connectivity index (χ4n) is 1.31. The Bertz CT molecular complexity index is 349. The Morgan fingerprint density at radius 2 is 1.82 bits per heavy atom. The summed E-state index contributed by atoms with van der Waals surface area (Å²) in [6, 6.07) is 2.49. The number of aromatic nitrogens is 1. The van der Waals surface area contributed by atoms with E-state index in [4.69, 9.17) is 0 Å². The molecular weight excluding hydrogens is 229 g/mol. The molecule has 5 heteroatoms. The minimum atomic E-state index is -4.31. The van der Waals surface area contributed by atoms with Crippen LogP contribution >= 0.6 is 0 Å². The number of rotatable bonds is 3. The molecule has 0 fully saturated rings. The Balaban J connectivity index is 2.52. The van der Waals surface area contributed by atoms with Gasteiger partial charge in [0, 0.05) is 30.4 Å². The van der Waals surface area contributed by atoms with Gasteiger partial charge in [0.05, 0.1) is 5.56 Å². The van der Waals surface area contributed by atoms with E-state index in [1.165, 1.54) is 6.07 Å². The molecule has 1 rings (SSSR count). The maximum absolute atomic E-state index is 12.3. The number of halogens is 3. The van der Waals surface area contributed by atoms with Crippen molar-refractivity contribution in [2.75, 3.05) is 6.54 Å². The van der Waals surface area contributed by atoms with E-state index >= 15 is 0 Å². The highest BCUT2D eigenvalue weighted by Crippen LogP contribution is 2.28. The van der Waals surface area contributed by atoms with Crippen molar-refractivity contribution in [3.63, 3.8) is 0 Å². The lowest BCUT2D eigenvalue weighted by Gasteiger charge is -2.20. The molecule has 0 unspecified atom stereocenters. The van der Waals surface area contributed by atoms with Crippen LogP contribution in [0, 0.1) is 0 Å². The molecule has 0 aliphatic carbocycles. The smallest absolute Gasteiger partial charge is 0.312 e. The van der Waals surface area contributed by atoms with Crippen molar-refractivity contribution >= 4 is 0 Å². The predicted molar refractivity (Wildman–Crippen MR) is 60.7 cm³/mol. The van der Waals surface area contributed by atoms with Crippen LogP contribution < -0.4 is 5.32 Å². The van der Waals surface area contributed by atoms with Crippen LogP contribution in [-0.2, 0) is 12.6 Å². The summed E-state index contributed by atoms with van der Waals surface area (Å²) in [6.45, 7) is 6.80. The second kappa shape index (κ2) is 5.04. The Morgan fingerprint density at radius 3 is 2.24 bits per heavy atom. The Hall–Kier alpha value is -1.10. The third kappa shape index (κ3) is 5.17. The first-order valence-electron chi connectivity index (χ1n) is 5.46. The fraction of sp³-hybridized carbons (Fsp3) is 0.583. The van der Waals surface area contributed by atoms with Crippen LogP contribution in [0.1, 0.15) is 32.0 Å². The SMILES string of the molecule is CC(C)(C)NCCc1ccc(C(F)(F)F)cn1. The number of pyridine rings is 1. The van der Waals surface area contributed by atoms with Crippen LogP contribution in [0.25, 0.3) is 0 Å². The van der Waals surface area contributed by atoms with Crippen LogP contribution in [-0.4, -0.2) is 17.1 Å². The topological polar surface area (TPSA) is 24.9 Å². The summed E-state index contributed by atoms with van der Waals surface area (Å²) in [5, 5.41) is 3.25. The Morgan fingerprint density at radius 1 is 1.18 bits per heavy atom. The average molecular weight is 246 g/mol. The standard InChI is InChI=1S/C12H17F3N2/c1-11(2,3)17-7-6-10-5-4-9(8-16-10)12(13,14)15/h4-5,8,17H,6-7H2,1-3H3. The third-order valence-electron chi connectivity index (χ3n) is 2.19. The van der Waals surface area contributed by atoms with Gasteiger partial charge in [-0.3, -0.25) is 4.98 Å². The molecule has 2 nitrogen and oxygen atoms in total. The van der Waals surface area contributed by atoms with E-state index < -0.39 is 11.7 Å². The summed E-state index contributed by atoms with van der Waals surface area (Å²) in [7, 11) is 0. The summed E-state index contributed by atoms with van der Waals surface area (Å²) in [5.74, 6) is 0. The van der Waals surface area contributed by atoms with Crippen LogP contribution in [0.5, 0.6) is 0 Å². The van der Waals surface area contributed by atoms with Crippen molar-refractivity contribution < 1.29 is 13.2 Å². The largest absolute Gasteiger partial charge is 0.417 e. The van der Waals surface area contributed by atoms with Crippen molar-refractivity contribution in [3.8, 4) is 0 Å². The summed E-state index contributed by atoms with van der Waals surface area (Å²) >= 11 is 0. The van der Waals surface area contributed by atoms with Gasteiger partial charge in [0.1, 0.15) is 0 Å². The van der Waals surface area contributed by atoms with Crippen LogP contribution in [0.2, 0.25) is 0 Å². The zero-order valence-electron chi connectivity index (χ0n) is 10.2. The van der Waals surface area contributed by atoms with E-state index in [1.54, 1.807) is 0 Å². The van der Waals surface area contributed by atoms with E-state index in [0.717, 1.165) is 12.3 Å². The molecule has 0 radical (unpaired) electrons. The fourth-order valence-corrected chi connectivity index (χ4v) is 1.31. The Kier molecular flexibility index (Phi) is 4.14. The molecule has 0 aliphatic heterocycles. The molecule has 0 aromatic carbocycles. The first kappa shape index (κ1) is 14.0. The van der Waals surface area contributed by atoms with Crippen molar-refractivity contribution in [2.24, 2.45) is 0 Å². The number of nitrogens with one attached hydrogen (secondary N) is 1. The van der Waals surface area contributed by atoms with E-state index in [9.17, 15) is 13.2 Å². The van der Waals surface area contributed by atoms with Crippen LogP contribution in [0.4, 0.5) is 13.2 Å². The lowest BCUT2D eigenvalue weighted by atomic mass is 10.1. The zero-order valence-corrected chi connectivity index (χ0v) is 10.2. The van der Waals surface area contributed by atoms with E-state index in [1.807, 2.05) is 20.8 Å². The van der Waals surface area contributed by atoms with Crippen LogP contribution in [0.15, 0.2) is 18.3 Å². The molecule has 0 saturated heterocycles. The molecule has 1 heterocycles. The van der Waals surface area contributed by atoms with Crippen molar-refractivity contribution in [1.82, 2.24) is 10.3 Å². The van der Waals surface area contributed by atoms with Gasteiger partial charge in [-0.2, -0.15) is 13.2 Å². The Labute approximate surface area is 99.3 Å². The second-order valence-electron chi connectivity index (χ2n) is 4.96. The number of hydrogen-bond acceptors (Lipinski definition) is 2. The van der Waals surface area contributed by atoms with Gasteiger partial charge in [-0.15, -0.1) is 0 Å². The quantitative estimate of drug-likeness (QED) is 0.886. The molecule has 0 bridgehead atoms. The molecular formula is C12H17F3N2. The predicted octanol–water partition coefficient (Wildman–Crippen LogP) is 3.03. The highest BCUT2D eigenvalue weighted by atomic mass is 19.4. The summed E-state index contributed by atoms with van der Waals surface area (Å²) in [6.07, 6.45) is -2.81. The number of nitrogens with zero attached hydrogens (tertiary/aromatic N) is 1. The van der Waals surface area contributed by atoms with Crippen molar-refractivity contribution in [1.29, 1.82) is 0 Å². The van der Waals surface area contributed by atoms with Crippen LogP contribution in [0.3, 0.4) is 0 Å². The first-order chi connectivity index (χ1) is 7.68.